The van der Waals surface area contributed by atoms with Gasteiger partial charge in [-0.3, -0.25) is 14.9 Å². The van der Waals surface area contributed by atoms with Crippen molar-refractivity contribution >= 4 is 17.6 Å². The summed E-state index contributed by atoms with van der Waals surface area (Å²) in [6.07, 6.45) is 8.17. The molecule has 2 aliphatic rings. The minimum absolute atomic E-state index is 0.100. The highest BCUT2D eigenvalue weighted by atomic mass is 16.6. The summed E-state index contributed by atoms with van der Waals surface area (Å²) >= 11 is 0. The fourth-order valence-electron chi connectivity index (χ4n) is 2.97. The van der Waals surface area contributed by atoms with Gasteiger partial charge in [0.1, 0.15) is 0 Å². The Bertz CT molecular complexity index is 707. The molecule has 25 heavy (non-hydrogen) atoms. The summed E-state index contributed by atoms with van der Waals surface area (Å²) in [6, 6.07) is 5.36. The Morgan fingerprint density at radius 1 is 1.20 bits per heavy atom. The number of esters is 1. The van der Waals surface area contributed by atoms with Crippen LogP contribution in [0, 0.1) is 10.1 Å². The van der Waals surface area contributed by atoms with Crippen molar-refractivity contribution in [3.8, 4) is 0 Å². The molecule has 0 radical (unpaired) electrons. The lowest BCUT2D eigenvalue weighted by molar-refractivity contribution is -0.384. The highest BCUT2D eigenvalue weighted by Gasteiger charge is 2.35. The first-order chi connectivity index (χ1) is 12.1. The molecular weight excluding hydrogens is 324 g/mol. The van der Waals surface area contributed by atoms with Gasteiger partial charge in [0.2, 0.25) is 0 Å². The molecule has 2 aliphatic carbocycles. The molecule has 1 aromatic carbocycles. The van der Waals surface area contributed by atoms with E-state index in [2.05, 4.69) is 6.08 Å². The van der Waals surface area contributed by atoms with E-state index in [0.29, 0.717) is 0 Å². The largest absolute Gasteiger partial charge is 0.452 e. The van der Waals surface area contributed by atoms with Crippen molar-refractivity contribution in [3.05, 3.63) is 51.7 Å². The van der Waals surface area contributed by atoms with Gasteiger partial charge in [0.15, 0.2) is 6.61 Å². The van der Waals surface area contributed by atoms with Gasteiger partial charge in [-0.05, 0) is 50.7 Å². The number of hydrogen-bond acceptors (Lipinski definition) is 5. The number of non-ortho nitro benzene ring substituents is 1. The summed E-state index contributed by atoms with van der Waals surface area (Å²) in [4.78, 5) is 36.4. The van der Waals surface area contributed by atoms with Gasteiger partial charge in [-0.25, -0.2) is 4.79 Å². The quantitative estimate of drug-likeness (QED) is 0.449. The zero-order valence-corrected chi connectivity index (χ0v) is 13.8. The average molecular weight is 344 g/mol. The van der Waals surface area contributed by atoms with E-state index >= 15 is 0 Å². The molecule has 1 aromatic rings. The Labute approximate surface area is 145 Å². The van der Waals surface area contributed by atoms with E-state index < -0.39 is 10.9 Å². The summed E-state index contributed by atoms with van der Waals surface area (Å²) in [7, 11) is 0. The number of rotatable bonds is 6. The number of allylic oxidation sites excluding steroid dienone is 2. The molecule has 7 heteroatoms. The molecule has 1 fully saturated rings. The maximum Gasteiger partial charge on any atom is 0.338 e. The molecule has 1 saturated carbocycles. The van der Waals surface area contributed by atoms with E-state index in [0.717, 1.165) is 44.2 Å². The number of carbonyl (C=O) groups is 2. The molecule has 7 nitrogen and oxygen atoms in total. The minimum Gasteiger partial charge on any atom is -0.452 e. The first-order valence-electron chi connectivity index (χ1n) is 8.49. The molecule has 3 rings (SSSR count). The molecule has 0 heterocycles. The number of amides is 1. The van der Waals surface area contributed by atoms with E-state index in [-0.39, 0.29) is 29.8 Å². The zero-order chi connectivity index (χ0) is 17.8. The first-order valence-corrected chi connectivity index (χ1v) is 8.49. The van der Waals surface area contributed by atoms with Crippen LogP contribution in [0.3, 0.4) is 0 Å². The van der Waals surface area contributed by atoms with Crippen LogP contribution in [0.2, 0.25) is 0 Å². The Kier molecular flexibility index (Phi) is 5.11. The lowest BCUT2D eigenvalue weighted by atomic mass is 10.0. The molecule has 0 bridgehead atoms. The molecule has 132 valence electrons. The van der Waals surface area contributed by atoms with Gasteiger partial charge in [-0.1, -0.05) is 6.08 Å². The highest BCUT2D eigenvalue weighted by Crippen LogP contribution is 2.33. The third-order valence-electron chi connectivity index (χ3n) is 4.40. The minimum atomic E-state index is -0.656. The molecule has 0 spiro atoms. The van der Waals surface area contributed by atoms with Gasteiger partial charge in [-0.2, -0.15) is 0 Å². The smallest absolute Gasteiger partial charge is 0.338 e. The lowest BCUT2D eigenvalue weighted by Crippen LogP contribution is -2.36. The normalized spacial score (nSPS) is 16.7. The standard InChI is InChI=1S/C18H20N2O5/c21-17(19(15-10-11-15)14-4-2-1-3-5-14)12-25-18(22)13-6-8-16(9-7-13)20(23)24/h4,6-9,15H,1-3,5,10-12H2. The number of benzene rings is 1. The summed E-state index contributed by atoms with van der Waals surface area (Å²) in [6.45, 7) is -0.316. The predicted molar refractivity (Wildman–Crippen MR) is 89.8 cm³/mol. The van der Waals surface area contributed by atoms with Crippen molar-refractivity contribution in [2.75, 3.05) is 6.61 Å². The molecule has 0 saturated heterocycles. The van der Waals surface area contributed by atoms with Crippen molar-refractivity contribution < 1.29 is 19.2 Å². The van der Waals surface area contributed by atoms with E-state index in [1.807, 2.05) is 0 Å². The van der Waals surface area contributed by atoms with Gasteiger partial charge in [0.25, 0.3) is 11.6 Å². The summed E-state index contributed by atoms with van der Waals surface area (Å²) < 4.78 is 5.11. The fraction of sp³-hybridized carbons (Fsp3) is 0.444. The monoisotopic (exact) mass is 344 g/mol. The molecular formula is C18H20N2O5. The first kappa shape index (κ1) is 17.1. The fourth-order valence-corrected chi connectivity index (χ4v) is 2.97. The number of carbonyl (C=O) groups excluding carboxylic acids is 2. The summed E-state index contributed by atoms with van der Waals surface area (Å²) in [5.74, 6) is -0.859. The number of nitro groups is 1. The second kappa shape index (κ2) is 7.46. The SMILES string of the molecule is O=C(OCC(=O)N(C1=CCCCC1)C1CC1)c1ccc([N+](=O)[O-])cc1. The van der Waals surface area contributed by atoms with E-state index in [1.54, 1.807) is 4.90 Å². The third kappa shape index (κ3) is 4.23. The van der Waals surface area contributed by atoms with E-state index in [1.165, 1.54) is 24.3 Å². The van der Waals surface area contributed by atoms with Crippen LogP contribution in [0.5, 0.6) is 0 Å². The van der Waals surface area contributed by atoms with Crippen molar-refractivity contribution in [2.24, 2.45) is 0 Å². The Hall–Kier alpha value is -2.70. The van der Waals surface area contributed by atoms with Crippen molar-refractivity contribution in [3.63, 3.8) is 0 Å². The van der Waals surface area contributed by atoms with Crippen molar-refractivity contribution in [1.82, 2.24) is 4.90 Å². The molecule has 0 unspecified atom stereocenters. The Morgan fingerprint density at radius 3 is 2.48 bits per heavy atom. The van der Waals surface area contributed by atoms with Crippen LogP contribution in [0.1, 0.15) is 48.9 Å². The molecule has 1 amide bonds. The molecule has 0 atom stereocenters. The van der Waals surface area contributed by atoms with Crippen molar-refractivity contribution in [2.45, 2.75) is 44.6 Å². The average Bonchev–Trinajstić information content (AvgIpc) is 3.46. The second-order valence-corrected chi connectivity index (χ2v) is 6.32. The number of hydrogen-bond donors (Lipinski definition) is 0. The topological polar surface area (TPSA) is 89.8 Å². The predicted octanol–water partition coefficient (Wildman–Crippen LogP) is 3.20. The Balaban J connectivity index is 1.59. The van der Waals surface area contributed by atoms with Crippen LogP contribution in [-0.4, -0.2) is 34.3 Å². The molecule has 0 N–H and O–H groups in total. The van der Waals surface area contributed by atoms with Crippen LogP contribution in [0.25, 0.3) is 0 Å². The van der Waals surface area contributed by atoms with E-state index in [9.17, 15) is 19.7 Å². The van der Waals surface area contributed by atoms with Crippen LogP contribution < -0.4 is 0 Å². The maximum atomic E-state index is 12.5. The van der Waals surface area contributed by atoms with Gasteiger partial charge in [0.05, 0.1) is 10.5 Å². The summed E-state index contributed by atoms with van der Waals surface area (Å²) in [5.41, 5.74) is 1.13. The number of nitrogens with zero attached hydrogens (tertiary/aromatic N) is 2. The maximum absolute atomic E-state index is 12.5. The third-order valence-corrected chi connectivity index (χ3v) is 4.40. The zero-order valence-electron chi connectivity index (χ0n) is 13.8. The Morgan fingerprint density at radius 2 is 1.92 bits per heavy atom. The summed E-state index contributed by atoms with van der Waals surface area (Å²) in [5, 5.41) is 10.6. The van der Waals surface area contributed by atoms with Crippen LogP contribution >= 0.6 is 0 Å². The number of nitro benzene ring substituents is 1. The van der Waals surface area contributed by atoms with Crippen LogP contribution in [-0.2, 0) is 9.53 Å². The van der Waals surface area contributed by atoms with Gasteiger partial charge >= 0.3 is 5.97 Å². The van der Waals surface area contributed by atoms with Crippen LogP contribution in [0.15, 0.2) is 36.0 Å². The molecule has 0 aliphatic heterocycles. The van der Waals surface area contributed by atoms with Crippen molar-refractivity contribution in [1.29, 1.82) is 0 Å². The van der Waals surface area contributed by atoms with Gasteiger partial charge in [0, 0.05) is 23.9 Å². The van der Waals surface area contributed by atoms with Gasteiger partial charge in [-0.15, -0.1) is 0 Å². The van der Waals surface area contributed by atoms with Crippen LogP contribution in [0.4, 0.5) is 5.69 Å². The number of ether oxygens (including phenoxy) is 1. The lowest BCUT2D eigenvalue weighted by Gasteiger charge is -2.27. The molecule has 0 aromatic heterocycles. The second-order valence-electron chi connectivity index (χ2n) is 6.32. The highest BCUT2D eigenvalue weighted by molar-refractivity contribution is 5.91. The van der Waals surface area contributed by atoms with E-state index in [4.69, 9.17) is 4.74 Å². The van der Waals surface area contributed by atoms with Gasteiger partial charge < -0.3 is 9.64 Å².